The van der Waals surface area contributed by atoms with Crippen LogP contribution >= 0.6 is 28.1 Å². The van der Waals surface area contributed by atoms with E-state index in [0.29, 0.717) is 42.1 Å². The van der Waals surface area contributed by atoms with Crippen LogP contribution in [0.15, 0.2) is 52.6 Å². The summed E-state index contributed by atoms with van der Waals surface area (Å²) in [6.45, 7) is 5.50. The summed E-state index contributed by atoms with van der Waals surface area (Å²) in [6, 6.07) is 13.6. The van der Waals surface area contributed by atoms with Crippen LogP contribution in [-0.2, 0) is 11.4 Å². The van der Waals surface area contributed by atoms with Crippen LogP contribution < -0.4 is 14.8 Å². The fraction of sp³-hybridized carbons (Fsp3) is 0.273. The summed E-state index contributed by atoms with van der Waals surface area (Å²) < 4.78 is 12.7. The van der Waals surface area contributed by atoms with Gasteiger partial charge in [-0.05, 0) is 67.0 Å². The molecule has 2 aromatic carbocycles. The second kappa shape index (κ2) is 9.89. The molecule has 0 atom stereocenters. The number of nitrogens with one attached hydrogen (secondary N) is 1. The van der Waals surface area contributed by atoms with Crippen molar-refractivity contribution in [2.45, 2.75) is 26.9 Å². The highest BCUT2D eigenvalue weighted by Crippen LogP contribution is 2.30. The first kappa shape index (κ1) is 21.3. The minimum atomic E-state index is -0.106. The van der Waals surface area contributed by atoms with Gasteiger partial charge in [-0.3, -0.25) is 9.69 Å². The SMILES string of the molecule is CCCN1C(=O)/C(=C/c2ccc(OCc3ccc(Br)cc3)c(OCC)c2)NC1=S. The number of nitrogens with zero attached hydrogens (tertiary/aromatic N) is 1. The van der Waals surface area contributed by atoms with E-state index in [9.17, 15) is 4.79 Å². The molecule has 1 saturated heterocycles. The van der Waals surface area contributed by atoms with Gasteiger partial charge >= 0.3 is 0 Å². The van der Waals surface area contributed by atoms with Gasteiger partial charge in [-0.1, -0.05) is 41.1 Å². The lowest BCUT2D eigenvalue weighted by molar-refractivity contribution is -0.122. The number of ether oxygens (including phenoxy) is 2. The Labute approximate surface area is 184 Å². The molecule has 0 aromatic heterocycles. The molecule has 0 bridgehead atoms. The van der Waals surface area contributed by atoms with E-state index in [1.54, 1.807) is 11.0 Å². The lowest BCUT2D eigenvalue weighted by Gasteiger charge is -2.13. The highest BCUT2D eigenvalue weighted by molar-refractivity contribution is 9.10. The molecule has 1 heterocycles. The first-order valence-corrected chi connectivity index (χ1v) is 10.7. The van der Waals surface area contributed by atoms with E-state index in [1.165, 1.54) is 0 Å². The second-order valence-electron chi connectivity index (χ2n) is 6.50. The maximum Gasteiger partial charge on any atom is 0.276 e. The van der Waals surface area contributed by atoms with E-state index in [0.717, 1.165) is 22.0 Å². The van der Waals surface area contributed by atoms with Crippen LogP contribution in [0.3, 0.4) is 0 Å². The Morgan fingerprint density at radius 1 is 1.10 bits per heavy atom. The molecule has 7 heteroatoms. The van der Waals surface area contributed by atoms with Gasteiger partial charge in [-0.2, -0.15) is 0 Å². The van der Waals surface area contributed by atoms with Crippen LogP contribution in [0.5, 0.6) is 11.5 Å². The van der Waals surface area contributed by atoms with Gasteiger partial charge in [0.2, 0.25) is 0 Å². The molecular formula is C22H23BrN2O3S. The molecule has 0 unspecified atom stereocenters. The van der Waals surface area contributed by atoms with Gasteiger partial charge in [0.1, 0.15) is 12.3 Å². The van der Waals surface area contributed by atoms with E-state index >= 15 is 0 Å². The molecular weight excluding hydrogens is 452 g/mol. The Hall–Kier alpha value is -2.38. The number of thiocarbonyl (C=S) groups is 1. The van der Waals surface area contributed by atoms with E-state index in [1.807, 2.05) is 56.3 Å². The normalized spacial score (nSPS) is 15.0. The predicted octanol–water partition coefficient (Wildman–Crippen LogP) is 4.89. The number of halogens is 1. The minimum Gasteiger partial charge on any atom is -0.490 e. The highest BCUT2D eigenvalue weighted by Gasteiger charge is 2.29. The predicted molar refractivity (Wildman–Crippen MR) is 122 cm³/mol. The number of hydrogen-bond donors (Lipinski definition) is 1. The monoisotopic (exact) mass is 474 g/mol. The van der Waals surface area contributed by atoms with Crippen molar-refractivity contribution in [1.82, 2.24) is 10.2 Å². The van der Waals surface area contributed by atoms with Crippen molar-refractivity contribution in [3.05, 3.63) is 63.8 Å². The lowest BCUT2D eigenvalue weighted by atomic mass is 10.1. The van der Waals surface area contributed by atoms with Crippen molar-refractivity contribution >= 4 is 45.2 Å². The molecule has 1 aliphatic heterocycles. The Morgan fingerprint density at radius 3 is 2.55 bits per heavy atom. The summed E-state index contributed by atoms with van der Waals surface area (Å²) in [7, 11) is 0. The van der Waals surface area contributed by atoms with Crippen LogP contribution in [0.2, 0.25) is 0 Å². The van der Waals surface area contributed by atoms with Crippen LogP contribution in [-0.4, -0.2) is 29.1 Å². The average molecular weight is 475 g/mol. The average Bonchev–Trinajstić information content (AvgIpc) is 2.97. The number of carbonyl (C=O) groups is 1. The minimum absolute atomic E-state index is 0.106. The van der Waals surface area contributed by atoms with E-state index in [-0.39, 0.29) is 5.91 Å². The fourth-order valence-electron chi connectivity index (χ4n) is 2.91. The first-order chi connectivity index (χ1) is 14.0. The van der Waals surface area contributed by atoms with Crippen molar-refractivity contribution < 1.29 is 14.3 Å². The van der Waals surface area contributed by atoms with Crippen molar-refractivity contribution in [1.29, 1.82) is 0 Å². The van der Waals surface area contributed by atoms with Gasteiger partial charge in [0.05, 0.1) is 6.61 Å². The van der Waals surface area contributed by atoms with Crippen molar-refractivity contribution in [2.75, 3.05) is 13.2 Å². The molecule has 5 nitrogen and oxygen atoms in total. The van der Waals surface area contributed by atoms with Gasteiger partial charge in [0.25, 0.3) is 5.91 Å². The second-order valence-corrected chi connectivity index (χ2v) is 7.80. The summed E-state index contributed by atoms with van der Waals surface area (Å²) in [5.41, 5.74) is 2.36. The number of benzene rings is 2. The standard InChI is InChI=1S/C22H23BrN2O3S/c1-3-11-25-21(26)18(24-22(25)29)12-16-7-10-19(20(13-16)27-4-2)28-14-15-5-8-17(23)9-6-15/h5-10,12-13H,3-4,11,14H2,1-2H3,(H,24,29)/b18-12-. The molecule has 1 aliphatic rings. The number of carbonyl (C=O) groups excluding carboxylic acids is 1. The summed E-state index contributed by atoms with van der Waals surface area (Å²) in [5, 5.41) is 3.44. The maximum absolute atomic E-state index is 12.5. The topological polar surface area (TPSA) is 50.8 Å². The highest BCUT2D eigenvalue weighted by atomic mass is 79.9. The smallest absolute Gasteiger partial charge is 0.276 e. The molecule has 1 fully saturated rings. The molecule has 0 spiro atoms. The molecule has 29 heavy (non-hydrogen) atoms. The fourth-order valence-corrected chi connectivity index (χ4v) is 3.46. The van der Waals surface area contributed by atoms with Crippen molar-refractivity contribution in [3.8, 4) is 11.5 Å². The van der Waals surface area contributed by atoms with Crippen LogP contribution in [0, 0.1) is 0 Å². The van der Waals surface area contributed by atoms with Gasteiger partial charge in [-0.15, -0.1) is 0 Å². The zero-order valence-corrected chi connectivity index (χ0v) is 18.8. The van der Waals surface area contributed by atoms with Crippen molar-refractivity contribution in [2.24, 2.45) is 0 Å². The van der Waals surface area contributed by atoms with Crippen LogP contribution in [0.1, 0.15) is 31.4 Å². The van der Waals surface area contributed by atoms with Crippen molar-refractivity contribution in [3.63, 3.8) is 0 Å². The quantitative estimate of drug-likeness (QED) is 0.435. The van der Waals surface area contributed by atoms with E-state index < -0.39 is 0 Å². The van der Waals surface area contributed by atoms with E-state index in [4.69, 9.17) is 21.7 Å². The van der Waals surface area contributed by atoms with Gasteiger partial charge < -0.3 is 14.8 Å². The molecule has 2 aromatic rings. The molecule has 0 aliphatic carbocycles. The van der Waals surface area contributed by atoms with Gasteiger partial charge in [-0.25, -0.2) is 0 Å². The summed E-state index contributed by atoms with van der Waals surface area (Å²) in [4.78, 5) is 14.1. The Bertz CT molecular complexity index is 928. The largest absolute Gasteiger partial charge is 0.490 e. The lowest BCUT2D eigenvalue weighted by Crippen LogP contribution is -2.31. The Balaban J connectivity index is 1.77. The number of amides is 1. The Kier molecular flexibility index (Phi) is 7.28. The molecule has 3 rings (SSSR count). The number of hydrogen-bond acceptors (Lipinski definition) is 4. The Morgan fingerprint density at radius 2 is 1.86 bits per heavy atom. The molecule has 152 valence electrons. The van der Waals surface area contributed by atoms with Gasteiger partial charge in [0.15, 0.2) is 16.6 Å². The summed E-state index contributed by atoms with van der Waals surface area (Å²) >= 11 is 8.69. The van der Waals surface area contributed by atoms with Gasteiger partial charge in [0, 0.05) is 11.0 Å². The third-order valence-electron chi connectivity index (χ3n) is 4.30. The third kappa shape index (κ3) is 5.36. The molecule has 1 amide bonds. The zero-order valence-electron chi connectivity index (χ0n) is 16.4. The molecule has 0 radical (unpaired) electrons. The first-order valence-electron chi connectivity index (χ1n) is 9.50. The number of rotatable bonds is 8. The van der Waals surface area contributed by atoms with Crippen LogP contribution in [0.4, 0.5) is 0 Å². The zero-order chi connectivity index (χ0) is 20.8. The third-order valence-corrected chi connectivity index (χ3v) is 5.15. The van der Waals surface area contributed by atoms with Crippen LogP contribution in [0.25, 0.3) is 6.08 Å². The molecule has 1 N–H and O–H groups in total. The van der Waals surface area contributed by atoms with E-state index in [2.05, 4.69) is 21.2 Å². The maximum atomic E-state index is 12.5. The molecule has 0 saturated carbocycles. The summed E-state index contributed by atoms with van der Waals surface area (Å²) in [6.07, 6.45) is 2.63. The summed E-state index contributed by atoms with van der Waals surface area (Å²) in [5.74, 6) is 1.19.